The average Bonchev–Trinajstić information content (AvgIpc) is 2.66. The number of fused-ring (bicyclic) bond motifs is 1. The average molecular weight is 397 g/mol. The summed E-state index contributed by atoms with van der Waals surface area (Å²) in [5.74, 6) is 0.881. The molecular weight excluding hydrogens is 368 g/mol. The molecule has 1 aromatic rings. The zero-order valence-corrected chi connectivity index (χ0v) is 17.0. The number of benzene rings is 1. The van der Waals surface area contributed by atoms with Crippen molar-refractivity contribution in [3.05, 3.63) is 18.2 Å². The summed E-state index contributed by atoms with van der Waals surface area (Å²) >= 11 is 0. The van der Waals surface area contributed by atoms with E-state index in [4.69, 9.17) is 9.47 Å². The maximum absolute atomic E-state index is 13.1. The highest BCUT2D eigenvalue weighted by atomic mass is 32.2. The van der Waals surface area contributed by atoms with E-state index in [9.17, 15) is 13.2 Å². The van der Waals surface area contributed by atoms with Gasteiger partial charge in [-0.2, -0.15) is 0 Å². The van der Waals surface area contributed by atoms with Gasteiger partial charge < -0.3 is 14.4 Å². The van der Waals surface area contributed by atoms with Crippen LogP contribution in [0, 0.1) is 0 Å². The van der Waals surface area contributed by atoms with Gasteiger partial charge in [-0.15, -0.1) is 0 Å². The molecule has 1 atom stereocenters. The number of carbonyl (C=O) groups is 1. The molecule has 1 unspecified atom stereocenters. The second kappa shape index (κ2) is 7.96. The summed E-state index contributed by atoms with van der Waals surface area (Å²) in [6.07, 6.45) is 6.47. The highest BCUT2D eigenvalue weighted by Crippen LogP contribution is 2.35. The number of carbonyl (C=O) groups excluding carboxylic acids is 1. The molecule has 0 aromatic heterocycles. The van der Waals surface area contributed by atoms with E-state index in [0.29, 0.717) is 30.4 Å². The molecule has 1 amide bonds. The molecule has 1 fully saturated rings. The van der Waals surface area contributed by atoms with E-state index < -0.39 is 16.1 Å². The largest absolute Gasteiger partial charge is 0.486 e. The van der Waals surface area contributed by atoms with Gasteiger partial charge >= 0.3 is 0 Å². The first-order valence-electron chi connectivity index (χ1n) is 9.45. The Labute approximate surface area is 161 Å². The number of nitrogens with zero attached hydrogens (tertiary/aromatic N) is 2. The van der Waals surface area contributed by atoms with Gasteiger partial charge in [0.25, 0.3) is 0 Å². The summed E-state index contributed by atoms with van der Waals surface area (Å²) in [7, 11) is -1.89. The van der Waals surface area contributed by atoms with Gasteiger partial charge in [0.05, 0.1) is 11.9 Å². The lowest BCUT2D eigenvalue weighted by Crippen LogP contribution is -2.51. The molecule has 0 saturated heterocycles. The zero-order chi connectivity index (χ0) is 19.6. The summed E-state index contributed by atoms with van der Waals surface area (Å²) in [4.78, 5) is 14.8. The molecular formula is C19H28N2O5S. The molecule has 2 aliphatic rings. The molecule has 0 N–H and O–H groups in total. The summed E-state index contributed by atoms with van der Waals surface area (Å²) in [5, 5.41) is 0. The normalized spacial score (nSPS) is 18.6. The number of rotatable bonds is 5. The Morgan fingerprint density at radius 1 is 1.11 bits per heavy atom. The van der Waals surface area contributed by atoms with Crippen LogP contribution in [-0.4, -0.2) is 57.8 Å². The third-order valence-corrected chi connectivity index (χ3v) is 6.56. The maximum Gasteiger partial charge on any atom is 0.246 e. The molecule has 27 heavy (non-hydrogen) atoms. The van der Waals surface area contributed by atoms with E-state index in [1.807, 2.05) is 0 Å². The fraction of sp³-hybridized carbons (Fsp3) is 0.632. The number of ether oxygens (including phenoxy) is 2. The molecule has 8 heteroatoms. The molecule has 1 aliphatic heterocycles. The van der Waals surface area contributed by atoms with Crippen molar-refractivity contribution in [1.82, 2.24) is 4.90 Å². The number of likely N-dealkylation sites (N-methyl/N-ethyl adjacent to an activating group) is 1. The van der Waals surface area contributed by atoms with Crippen LogP contribution in [0.2, 0.25) is 0 Å². The van der Waals surface area contributed by atoms with E-state index in [1.165, 1.54) is 10.7 Å². The first kappa shape index (κ1) is 19.8. The van der Waals surface area contributed by atoms with E-state index in [1.54, 1.807) is 37.1 Å². The summed E-state index contributed by atoms with van der Waals surface area (Å²) < 4.78 is 37.3. The fourth-order valence-corrected chi connectivity index (χ4v) is 5.08. The first-order valence-corrected chi connectivity index (χ1v) is 11.3. The Morgan fingerprint density at radius 2 is 1.74 bits per heavy atom. The predicted molar refractivity (Wildman–Crippen MR) is 104 cm³/mol. The summed E-state index contributed by atoms with van der Waals surface area (Å²) in [6.45, 7) is 2.51. The van der Waals surface area contributed by atoms with E-state index in [-0.39, 0.29) is 11.9 Å². The van der Waals surface area contributed by atoms with Crippen LogP contribution in [-0.2, 0) is 14.8 Å². The molecule has 1 aromatic carbocycles. The Hall–Kier alpha value is -1.96. The van der Waals surface area contributed by atoms with Gasteiger partial charge in [0.15, 0.2) is 11.5 Å². The van der Waals surface area contributed by atoms with Crippen molar-refractivity contribution in [2.45, 2.75) is 51.1 Å². The summed E-state index contributed by atoms with van der Waals surface area (Å²) in [6, 6.07) is 4.30. The molecule has 3 rings (SSSR count). The van der Waals surface area contributed by atoms with Crippen LogP contribution in [0.15, 0.2) is 18.2 Å². The van der Waals surface area contributed by atoms with Crippen molar-refractivity contribution in [3.63, 3.8) is 0 Å². The van der Waals surface area contributed by atoms with Crippen molar-refractivity contribution in [1.29, 1.82) is 0 Å². The first-order chi connectivity index (χ1) is 12.8. The van der Waals surface area contributed by atoms with Gasteiger partial charge in [-0.3, -0.25) is 9.10 Å². The highest BCUT2D eigenvalue weighted by Gasteiger charge is 2.34. The lowest BCUT2D eigenvalue weighted by molar-refractivity contribution is -0.133. The molecule has 0 bridgehead atoms. The van der Waals surface area contributed by atoms with E-state index >= 15 is 0 Å². The Bertz CT molecular complexity index is 789. The van der Waals surface area contributed by atoms with Crippen molar-refractivity contribution >= 4 is 21.6 Å². The van der Waals surface area contributed by atoms with Gasteiger partial charge in [0, 0.05) is 19.2 Å². The zero-order valence-electron chi connectivity index (χ0n) is 16.2. The lowest BCUT2D eigenvalue weighted by atomic mass is 9.94. The molecule has 7 nitrogen and oxygen atoms in total. The van der Waals surface area contributed by atoms with Gasteiger partial charge in [0.2, 0.25) is 15.9 Å². The van der Waals surface area contributed by atoms with E-state index in [2.05, 4.69) is 0 Å². The standard InChI is InChI=1S/C19H28N2O5S/c1-14(19(22)20(2)15-7-5-4-6-8-15)21(27(3,23)24)16-9-10-17-18(13-16)26-12-11-25-17/h9-10,13-15H,4-8,11-12H2,1-3H3. The van der Waals surface area contributed by atoms with Crippen LogP contribution in [0.25, 0.3) is 0 Å². The van der Waals surface area contributed by atoms with Gasteiger partial charge in [0.1, 0.15) is 19.3 Å². The minimum absolute atomic E-state index is 0.176. The maximum atomic E-state index is 13.1. The molecule has 150 valence electrons. The number of hydrogen-bond donors (Lipinski definition) is 0. The van der Waals surface area contributed by atoms with Crippen LogP contribution in [0.3, 0.4) is 0 Å². The Balaban J connectivity index is 1.87. The number of anilines is 1. The number of hydrogen-bond acceptors (Lipinski definition) is 5. The third kappa shape index (κ3) is 4.31. The second-order valence-electron chi connectivity index (χ2n) is 7.30. The lowest BCUT2D eigenvalue weighted by Gasteiger charge is -2.36. The smallest absolute Gasteiger partial charge is 0.246 e. The van der Waals surface area contributed by atoms with Crippen molar-refractivity contribution in [3.8, 4) is 11.5 Å². The van der Waals surface area contributed by atoms with Gasteiger partial charge in [-0.1, -0.05) is 19.3 Å². The molecule has 0 radical (unpaired) electrons. The fourth-order valence-electron chi connectivity index (χ4n) is 3.91. The topological polar surface area (TPSA) is 76.2 Å². The van der Waals surface area contributed by atoms with E-state index in [0.717, 1.165) is 31.9 Å². The van der Waals surface area contributed by atoms with Crippen LogP contribution in [0.4, 0.5) is 5.69 Å². The Kier molecular flexibility index (Phi) is 5.83. The van der Waals surface area contributed by atoms with Crippen molar-refractivity contribution in [2.24, 2.45) is 0 Å². The predicted octanol–water partition coefficient (Wildman–Crippen LogP) is 2.40. The van der Waals surface area contributed by atoms with Crippen LogP contribution < -0.4 is 13.8 Å². The van der Waals surface area contributed by atoms with Crippen LogP contribution >= 0.6 is 0 Å². The summed E-state index contributed by atoms with van der Waals surface area (Å²) in [5.41, 5.74) is 0.402. The second-order valence-corrected chi connectivity index (χ2v) is 9.16. The minimum atomic E-state index is -3.66. The van der Waals surface area contributed by atoms with Crippen molar-refractivity contribution < 1.29 is 22.7 Å². The Morgan fingerprint density at radius 3 is 2.37 bits per heavy atom. The highest BCUT2D eigenvalue weighted by molar-refractivity contribution is 7.92. The molecule has 0 spiro atoms. The quantitative estimate of drug-likeness (QED) is 0.764. The third-order valence-electron chi connectivity index (χ3n) is 5.32. The molecule has 1 aliphatic carbocycles. The molecule has 1 heterocycles. The molecule has 1 saturated carbocycles. The van der Waals surface area contributed by atoms with Crippen molar-refractivity contribution in [2.75, 3.05) is 30.8 Å². The van der Waals surface area contributed by atoms with Crippen LogP contribution in [0.1, 0.15) is 39.0 Å². The minimum Gasteiger partial charge on any atom is -0.486 e. The SMILES string of the molecule is CC(C(=O)N(C)C1CCCCC1)N(c1ccc2c(c1)OCCO2)S(C)(=O)=O. The van der Waals surface area contributed by atoms with Gasteiger partial charge in [-0.05, 0) is 31.9 Å². The van der Waals surface area contributed by atoms with Gasteiger partial charge in [-0.25, -0.2) is 8.42 Å². The number of sulfonamides is 1. The van der Waals surface area contributed by atoms with Crippen LogP contribution in [0.5, 0.6) is 11.5 Å². The number of amides is 1. The monoisotopic (exact) mass is 396 g/mol.